The third-order valence-electron chi connectivity index (χ3n) is 8.00. The topological polar surface area (TPSA) is 0 Å². The lowest BCUT2D eigenvalue weighted by atomic mass is 9.66. The number of unbranched alkanes of at least 4 members (excludes halogenated alkanes) is 8. The monoisotopic (exact) mass is 406 g/mol. The van der Waals surface area contributed by atoms with Gasteiger partial charge >= 0.3 is 0 Å². The van der Waals surface area contributed by atoms with Gasteiger partial charge in [-0.1, -0.05) is 150 Å². The Morgan fingerprint density at radius 2 is 1.00 bits per heavy atom. The lowest BCUT2D eigenvalue weighted by molar-refractivity contribution is 0.114. The fourth-order valence-corrected chi connectivity index (χ4v) is 6.21. The lowest BCUT2D eigenvalue weighted by Crippen LogP contribution is -2.29. The number of hydrogen-bond donors (Lipinski definition) is 0. The smallest absolute Gasteiger partial charge is 0.0357 e. The van der Waals surface area contributed by atoms with E-state index < -0.39 is 0 Å². The van der Waals surface area contributed by atoms with E-state index in [-0.39, 0.29) is 0 Å². The van der Waals surface area contributed by atoms with Crippen molar-refractivity contribution in [3.8, 4) is 0 Å². The second-order valence-corrected chi connectivity index (χ2v) is 10.6. The molecule has 0 bridgehead atoms. The first-order valence-corrected chi connectivity index (χ1v) is 14.3. The average Bonchev–Trinajstić information content (AvgIpc) is 2.73. The van der Waals surface area contributed by atoms with Crippen LogP contribution in [0.2, 0.25) is 0 Å². The van der Waals surface area contributed by atoms with Crippen molar-refractivity contribution in [2.75, 3.05) is 0 Å². The van der Waals surface area contributed by atoms with Crippen LogP contribution in [-0.2, 0) is 0 Å². The molecule has 0 aromatic rings. The molecule has 0 aromatic heterocycles. The molecular formula is C29H58. The van der Waals surface area contributed by atoms with Gasteiger partial charge in [0.25, 0.3) is 0 Å². The molecule has 174 valence electrons. The molecule has 0 nitrogen and oxygen atoms in total. The molecule has 0 radical (unpaired) electrons. The standard InChI is InChI=1S/C29H58/c1-5-9-13-19-26(20-14-10-6-2)25-28-23-17-18-24-29(28)27(21-15-11-7-3)22-16-12-8-4/h26-29H,5-25H2,1-4H3/t28-,29-/m1/s1. The molecule has 0 aliphatic heterocycles. The molecule has 1 aliphatic rings. The Balaban J connectivity index is 2.70. The summed E-state index contributed by atoms with van der Waals surface area (Å²) in [6.45, 7) is 9.46. The second kappa shape index (κ2) is 18.7. The largest absolute Gasteiger partial charge is 0.0654 e. The van der Waals surface area contributed by atoms with E-state index in [0.717, 1.165) is 23.7 Å². The molecule has 0 saturated heterocycles. The maximum Gasteiger partial charge on any atom is -0.0357 e. The summed E-state index contributed by atoms with van der Waals surface area (Å²) in [5.41, 5.74) is 0. The highest BCUT2D eigenvalue weighted by molar-refractivity contribution is 4.83. The zero-order valence-electron chi connectivity index (χ0n) is 21.2. The van der Waals surface area contributed by atoms with Gasteiger partial charge in [-0.25, -0.2) is 0 Å². The Labute approximate surface area is 186 Å². The van der Waals surface area contributed by atoms with Crippen molar-refractivity contribution in [3.63, 3.8) is 0 Å². The van der Waals surface area contributed by atoms with E-state index in [1.54, 1.807) is 19.3 Å². The van der Waals surface area contributed by atoms with E-state index in [0.29, 0.717) is 0 Å². The van der Waals surface area contributed by atoms with Crippen LogP contribution in [0, 0.1) is 23.7 Å². The number of hydrogen-bond acceptors (Lipinski definition) is 0. The van der Waals surface area contributed by atoms with Crippen LogP contribution in [-0.4, -0.2) is 0 Å². The molecular weight excluding hydrogens is 348 g/mol. The minimum absolute atomic E-state index is 1.03. The van der Waals surface area contributed by atoms with Crippen molar-refractivity contribution in [2.45, 2.75) is 163 Å². The van der Waals surface area contributed by atoms with Gasteiger partial charge in [-0.3, -0.25) is 0 Å². The van der Waals surface area contributed by atoms with Crippen molar-refractivity contribution in [1.29, 1.82) is 0 Å². The predicted octanol–water partition coefficient (Wildman–Crippen LogP) is 10.7. The van der Waals surface area contributed by atoms with E-state index in [9.17, 15) is 0 Å². The van der Waals surface area contributed by atoms with Crippen LogP contribution in [0.3, 0.4) is 0 Å². The first kappa shape index (κ1) is 27.0. The van der Waals surface area contributed by atoms with Crippen LogP contribution in [0.4, 0.5) is 0 Å². The summed E-state index contributed by atoms with van der Waals surface area (Å²) in [5.74, 6) is 4.21. The van der Waals surface area contributed by atoms with E-state index >= 15 is 0 Å². The predicted molar refractivity (Wildman–Crippen MR) is 134 cm³/mol. The molecule has 29 heavy (non-hydrogen) atoms. The van der Waals surface area contributed by atoms with Crippen LogP contribution in [0.25, 0.3) is 0 Å². The van der Waals surface area contributed by atoms with Gasteiger partial charge in [-0.15, -0.1) is 0 Å². The highest BCUT2D eigenvalue weighted by Gasteiger charge is 2.32. The maximum atomic E-state index is 2.37. The van der Waals surface area contributed by atoms with Crippen molar-refractivity contribution in [1.82, 2.24) is 0 Å². The summed E-state index contributed by atoms with van der Waals surface area (Å²) in [6.07, 6.45) is 31.2. The minimum Gasteiger partial charge on any atom is -0.0654 e. The van der Waals surface area contributed by atoms with E-state index in [2.05, 4.69) is 27.7 Å². The van der Waals surface area contributed by atoms with Gasteiger partial charge in [0.2, 0.25) is 0 Å². The first-order valence-electron chi connectivity index (χ1n) is 14.3. The second-order valence-electron chi connectivity index (χ2n) is 10.6. The van der Waals surface area contributed by atoms with Gasteiger partial charge in [-0.05, 0) is 36.5 Å². The summed E-state index contributed by atoms with van der Waals surface area (Å²) in [4.78, 5) is 0. The minimum atomic E-state index is 1.03. The first-order chi connectivity index (χ1) is 14.3. The Morgan fingerprint density at radius 1 is 0.552 bits per heavy atom. The van der Waals surface area contributed by atoms with Crippen LogP contribution in [0.1, 0.15) is 163 Å². The van der Waals surface area contributed by atoms with Crippen molar-refractivity contribution in [3.05, 3.63) is 0 Å². The van der Waals surface area contributed by atoms with Gasteiger partial charge in [0.15, 0.2) is 0 Å². The molecule has 0 spiro atoms. The molecule has 0 N–H and O–H groups in total. The van der Waals surface area contributed by atoms with E-state index in [1.807, 2.05) is 0 Å². The van der Waals surface area contributed by atoms with Gasteiger partial charge in [0.05, 0.1) is 0 Å². The normalized spacial score (nSPS) is 20.1. The molecule has 0 heteroatoms. The van der Waals surface area contributed by atoms with Crippen LogP contribution < -0.4 is 0 Å². The summed E-state index contributed by atoms with van der Waals surface area (Å²) >= 11 is 0. The van der Waals surface area contributed by atoms with Crippen LogP contribution >= 0.6 is 0 Å². The fraction of sp³-hybridized carbons (Fsp3) is 1.00. The van der Waals surface area contributed by atoms with Gasteiger partial charge in [0.1, 0.15) is 0 Å². The number of rotatable bonds is 19. The summed E-state index contributed by atoms with van der Waals surface area (Å²) in [7, 11) is 0. The van der Waals surface area contributed by atoms with E-state index in [4.69, 9.17) is 0 Å². The van der Waals surface area contributed by atoms with Crippen LogP contribution in [0.15, 0.2) is 0 Å². The molecule has 0 unspecified atom stereocenters. The summed E-state index contributed by atoms with van der Waals surface area (Å²) < 4.78 is 0. The summed E-state index contributed by atoms with van der Waals surface area (Å²) in [5, 5.41) is 0. The molecule has 2 atom stereocenters. The Hall–Kier alpha value is 0. The molecule has 1 rings (SSSR count). The molecule has 0 heterocycles. The summed E-state index contributed by atoms with van der Waals surface area (Å²) in [6, 6.07) is 0. The molecule has 1 saturated carbocycles. The highest BCUT2D eigenvalue weighted by atomic mass is 14.4. The fourth-order valence-electron chi connectivity index (χ4n) is 6.21. The van der Waals surface area contributed by atoms with Crippen molar-refractivity contribution >= 4 is 0 Å². The molecule has 0 aromatic carbocycles. The quantitative estimate of drug-likeness (QED) is 0.187. The highest BCUT2D eigenvalue weighted by Crippen LogP contribution is 2.43. The third kappa shape index (κ3) is 12.4. The molecule has 1 aliphatic carbocycles. The Kier molecular flexibility index (Phi) is 17.5. The lowest BCUT2D eigenvalue weighted by Gasteiger charge is -2.39. The van der Waals surface area contributed by atoms with Crippen molar-refractivity contribution in [2.24, 2.45) is 23.7 Å². The average molecular weight is 407 g/mol. The van der Waals surface area contributed by atoms with Gasteiger partial charge in [-0.2, -0.15) is 0 Å². The van der Waals surface area contributed by atoms with Gasteiger partial charge in [0, 0.05) is 0 Å². The van der Waals surface area contributed by atoms with Crippen molar-refractivity contribution < 1.29 is 0 Å². The maximum absolute atomic E-state index is 2.37. The zero-order chi connectivity index (χ0) is 21.2. The third-order valence-corrected chi connectivity index (χ3v) is 8.00. The Morgan fingerprint density at radius 3 is 1.48 bits per heavy atom. The molecule has 0 amide bonds. The zero-order valence-corrected chi connectivity index (χ0v) is 21.2. The SMILES string of the molecule is CCCCCC(CCCCC)C[C@H]1CCCC[C@@H]1C(CCCCC)CCCCC. The molecule has 1 fully saturated rings. The van der Waals surface area contributed by atoms with Gasteiger partial charge < -0.3 is 0 Å². The van der Waals surface area contributed by atoms with E-state index in [1.165, 1.54) is 116 Å². The Bertz CT molecular complexity index is 313. The van der Waals surface area contributed by atoms with Crippen LogP contribution in [0.5, 0.6) is 0 Å².